The van der Waals surface area contributed by atoms with E-state index in [2.05, 4.69) is 0 Å². The highest BCUT2D eigenvalue weighted by Gasteiger charge is 2.37. The maximum atomic E-state index is 12.4. The summed E-state index contributed by atoms with van der Waals surface area (Å²) in [4.78, 5) is 10.5. The summed E-state index contributed by atoms with van der Waals surface area (Å²) in [6.45, 7) is 0. The van der Waals surface area contributed by atoms with E-state index in [1.54, 1.807) is 0 Å². The number of rotatable bonds is 1. The van der Waals surface area contributed by atoms with E-state index in [4.69, 9.17) is 22.4 Å². The standard InChI is InChI=1S/C8H5ClF3NO2/c9-4-2-1-3(7(14)15)6(13)5(4)8(10,11)12/h1-2H,13H2,(H,14,15). The average molecular weight is 240 g/mol. The van der Waals surface area contributed by atoms with E-state index in [0.29, 0.717) is 0 Å². The molecule has 3 N–H and O–H groups in total. The third-order valence-corrected chi connectivity index (χ3v) is 2.02. The molecular weight excluding hydrogens is 235 g/mol. The fourth-order valence-corrected chi connectivity index (χ4v) is 1.34. The van der Waals surface area contributed by atoms with Crippen LogP contribution < -0.4 is 5.73 Å². The Hall–Kier alpha value is -1.43. The van der Waals surface area contributed by atoms with E-state index in [1.807, 2.05) is 0 Å². The number of hydrogen-bond acceptors (Lipinski definition) is 2. The summed E-state index contributed by atoms with van der Waals surface area (Å²) in [5, 5.41) is 7.94. The van der Waals surface area contributed by atoms with Gasteiger partial charge in [-0.1, -0.05) is 11.6 Å². The van der Waals surface area contributed by atoms with Crippen LogP contribution in [0, 0.1) is 0 Å². The van der Waals surface area contributed by atoms with Crippen molar-refractivity contribution in [3.05, 3.63) is 28.3 Å². The second kappa shape index (κ2) is 3.62. The Kier molecular flexibility index (Phi) is 2.81. The summed E-state index contributed by atoms with van der Waals surface area (Å²) in [6.07, 6.45) is -4.77. The van der Waals surface area contributed by atoms with Crippen molar-refractivity contribution in [3.8, 4) is 0 Å². The molecule has 7 heteroatoms. The molecule has 0 saturated carbocycles. The Bertz CT molecular complexity index is 417. The van der Waals surface area contributed by atoms with Gasteiger partial charge in [-0.2, -0.15) is 13.2 Å². The van der Waals surface area contributed by atoms with E-state index in [0.717, 1.165) is 12.1 Å². The Labute approximate surface area is 87.3 Å². The molecule has 0 aromatic heterocycles. The van der Waals surface area contributed by atoms with Gasteiger partial charge in [0.1, 0.15) is 0 Å². The van der Waals surface area contributed by atoms with Crippen molar-refractivity contribution in [2.24, 2.45) is 0 Å². The third kappa shape index (κ3) is 2.15. The van der Waals surface area contributed by atoms with Gasteiger partial charge in [-0.15, -0.1) is 0 Å². The van der Waals surface area contributed by atoms with Crippen molar-refractivity contribution in [1.82, 2.24) is 0 Å². The number of halogens is 4. The zero-order valence-corrected chi connectivity index (χ0v) is 7.86. The smallest absolute Gasteiger partial charge is 0.419 e. The van der Waals surface area contributed by atoms with Gasteiger partial charge in [0.05, 0.1) is 21.8 Å². The number of carboxylic acids is 1. The van der Waals surface area contributed by atoms with Crippen molar-refractivity contribution in [3.63, 3.8) is 0 Å². The molecule has 1 aromatic carbocycles. The van der Waals surface area contributed by atoms with Crippen LogP contribution in [-0.4, -0.2) is 11.1 Å². The zero-order valence-electron chi connectivity index (χ0n) is 7.10. The maximum absolute atomic E-state index is 12.4. The summed E-state index contributed by atoms with van der Waals surface area (Å²) in [7, 11) is 0. The lowest BCUT2D eigenvalue weighted by atomic mass is 10.1. The Balaban J connectivity index is 3.51. The number of alkyl halides is 3. The van der Waals surface area contributed by atoms with E-state index in [1.165, 1.54) is 0 Å². The molecular formula is C8H5ClF3NO2. The highest BCUT2D eigenvalue weighted by atomic mass is 35.5. The first-order valence-electron chi connectivity index (χ1n) is 3.63. The summed E-state index contributed by atoms with van der Waals surface area (Å²) < 4.78 is 37.2. The Morgan fingerprint density at radius 3 is 2.33 bits per heavy atom. The molecule has 0 heterocycles. The number of carbonyl (C=O) groups is 1. The highest BCUT2D eigenvalue weighted by Crippen LogP contribution is 2.39. The Morgan fingerprint density at radius 2 is 1.93 bits per heavy atom. The van der Waals surface area contributed by atoms with E-state index >= 15 is 0 Å². The van der Waals surface area contributed by atoms with Gasteiger partial charge in [0.25, 0.3) is 0 Å². The molecule has 0 atom stereocenters. The predicted octanol–water partition coefficient (Wildman–Crippen LogP) is 2.64. The maximum Gasteiger partial charge on any atom is 0.419 e. The molecule has 0 unspecified atom stereocenters. The molecule has 0 amide bonds. The Morgan fingerprint density at radius 1 is 1.40 bits per heavy atom. The summed E-state index contributed by atoms with van der Waals surface area (Å²) in [5.74, 6) is -1.53. The van der Waals surface area contributed by atoms with Crippen LogP contribution in [0.3, 0.4) is 0 Å². The lowest BCUT2D eigenvalue weighted by Gasteiger charge is -2.13. The fraction of sp³-hybridized carbons (Fsp3) is 0.125. The number of nitrogen functional groups attached to an aromatic ring is 1. The molecule has 0 radical (unpaired) electrons. The number of benzene rings is 1. The molecule has 0 saturated heterocycles. The number of aromatic carboxylic acids is 1. The van der Waals surface area contributed by atoms with Gasteiger partial charge in [-0.05, 0) is 12.1 Å². The van der Waals surface area contributed by atoms with Crippen molar-refractivity contribution < 1.29 is 23.1 Å². The lowest BCUT2D eigenvalue weighted by molar-refractivity contribution is -0.136. The molecule has 0 aliphatic rings. The van der Waals surface area contributed by atoms with Crippen molar-refractivity contribution >= 4 is 23.3 Å². The van der Waals surface area contributed by atoms with E-state index < -0.39 is 34.0 Å². The van der Waals surface area contributed by atoms with Crippen LogP contribution in [0.15, 0.2) is 12.1 Å². The summed E-state index contributed by atoms with van der Waals surface area (Å²) >= 11 is 5.30. The molecule has 3 nitrogen and oxygen atoms in total. The van der Waals surface area contributed by atoms with Crippen LogP contribution in [0.25, 0.3) is 0 Å². The monoisotopic (exact) mass is 239 g/mol. The van der Waals surface area contributed by atoms with Crippen molar-refractivity contribution in [1.29, 1.82) is 0 Å². The topological polar surface area (TPSA) is 63.3 Å². The fourth-order valence-electron chi connectivity index (χ4n) is 1.07. The summed E-state index contributed by atoms with van der Waals surface area (Å²) in [5.41, 5.74) is 2.28. The third-order valence-electron chi connectivity index (χ3n) is 1.71. The molecule has 0 fully saturated rings. The molecule has 1 rings (SSSR count). The number of anilines is 1. The molecule has 0 aliphatic carbocycles. The quantitative estimate of drug-likeness (QED) is 0.741. The van der Waals surface area contributed by atoms with Crippen LogP contribution in [-0.2, 0) is 6.18 Å². The zero-order chi connectivity index (χ0) is 11.8. The second-order valence-electron chi connectivity index (χ2n) is 2.69. The summed E-state index contributed by atoms with van der Waals surface area (Å²) in [6, 6.07) is 1.78. The van der Waals surface area contributed by atoms with Crippen LogP contribution in [0.5, 0.6) is 0 Å². The first-order chi connectivity index (χ1) is 6.75. The minimum absolute atomic E-state index is 0.619. The molecule has 82 valence electrons. The molecule has 15 heavy (non-hydrogen) atoms. The van der Waals surface area contributed by atoms with Crippen LogP contribution in [0.2, 0.25) is 5.02 Å². The van der Waals surface area contributed by atoms with Gasteiger partial charge in [0, 0.05) is 0 Å². The van der Waals surface area contributed by atoms with E-state index in [-0.39, 0.29) is 0 Å². The van der Waals surface area contributed by atoms with Gasteiger partial charge < -0.3 is 10.8 Å². The minimum atomic E-state index is -4.77. The van der Waals surface area contributed by atoms with Gasteiger partial charge >= 0.3 is 12.1 Å². The van der Waals surface area contributed by atoms with Gasteiger partial charge in [-0.25, -0.2) is 4.79 Å². The molecule has 1 aromatic rings. The van der Waals surface area contributed by atoms with Gasteiger partial charge in [0.15, 0.2) is 0 Å². The van der Waals surface area contributed by atoms with Crippen LogP contribution >= 0.6 is 11.6 Å². The van der Waals surface area contributed by atoms with Crippen LogP contribution in [0.1, 0.15) is 15.9 Å². The van der Waals surface area contributed by atoms with Gasteiger partial charge in [-0.3, -0.25) is 0 Å². The predicted molar refractivity (Wildman–Crippen MR) is 47.8 cm³/mol. The normalized spacial score (nSPS) is 11.5. The average Bonchev–Trinajstić information content (AvgIpc) is 2.00. The number of carboxylic acid groups (broad SMARTS) is 1. The molecule has 0 aliphatic heterocycles. The highest BCUT2D eigenvalue weighted by molar-refractivity contribution is 6.32. The minimum Gasteiger partial charge on any atom is -0.478 e. The molecule has 0 spiro atoms. The molecule has 0 bridgehead atoms. The first-order valence-corrected chi connectivity index (χ1v) is 4.01. The van der Waals surface area contributed by atoms with Crippen molar-refractivity contribution in [2.45, 2.75) is 6.18 Å². The SMILES string of the molecule is Nc1c(C(=O)O)ccc(Cl)c1C(F)(F)F. The lowest BCUT2D eigenvalue weighted by Crippen LogP contribution is -2.13. The van der Waals surface area contributed by atoms with E-state index in [9.17, 15) is 18.0 Å². The second-order valence-corrected chi connectivity index (χ2v) is 3.09. The largest absolute Gasteiger partial charge is 0.478 e. The number of nitrogens with two attached hydrogens (primary N) is 1. The number of hydrogen-bond donors (Lipinski definition) is 2. The first kappa shape index (κ1) is 11.6. The van der Waals surface area contributed by atoms with Crippen LogP contribution in [0.4, 0.5) is 18.9 Å². The van der Waals surface area contributed by atoms with Gasteiger partial charge in [0.2, 0.25) is 0 Å². The van der Waals surface area contributed by atoms with Crippen molar-refractivity contribution in [2.75, 3.05) is 5.73 Å².